The van der Waals surface area contributed by atoms with Gasteiger partial charge >= 0.3 is 15.6 Å². The molecule has 0 spiro atoms. The maximum atomic E-state index is 13.4. The molecule has 6 aromatic rings. The largest absolute Gasteiger partial charge is 0.472 e. The molecule has 11 N–H and O–H groups in total. The number of aliphatic hydroxyl groups is 3. The number of phosphoric ester groups is 2. The van der Waals surface area contributed by atoms with Crippen LogP contribution in [-0.4, -0.2) is 147 Å². The lowest BCUT2D eigenvalue weighted by atomic mass is 10.1. The molecule has 59 heavy (non-hydrogen) atoms. The van der Waals surface area contributed by atoms with E-state index < -0.39 is 84.5 Å². The Morgan fingerprint density at radius 2 is 1.12 bits per heavy atom. The summed E-state index contributed by atoms with van der Waals surface area (Å²) in [5.41, 5.74) is 18.8. The van der Waals surface area contributed by atoms with Crippen LogP contribution in [0.4, 0.5) is 17.5 Å². The van der Waals surface area contributed by atoms with Crippen molar-refractivity contribution < 1.29 is 66.5 Å². The smallest absolute Gasteiger partial charge is 0.394 e. The standard InChI is InChI=1S/C28H35N15O14P2/c29-21-14-24(35-5-32-21)41(8-38-14)11-51-1-2-52-58(47,48)56-20-18(46)13(55-28(20)43-10-40-16-23(31)34-7-37-26(16)43)4-53-59(49,50)57-19-17(45)12(3-44)54-27(19)42-9-39-15-22(30)33-6-36-25(15)42/h5-10,12-13,17-20,27-28,44-46H,1-4,11H2,(H,47,48)(H,49,50)(H2,29,32,35)(H2,30,33,36)(H2,31,34,37)/t12-,13-,17-,18-,19-,20-,27-,28-/m1/s1. The van der Waals surface area contributed by atoms with Gasteiger partial charge in [0.15, 0.2) is 46.9 Å². The maximum Gasteiger partial charge on any atom is 0.472 e. The predicted octanol–water partition coefficient (Wildman–Crippen LogP) is -2.26. The fourth-order valence-electron chi connectivity index (χ4n) is 6.42. The van der Waals surface area contributed by atoms with Crippen LogP contribution in [0.2, 0.25) is 0 Å². The summed E-state index contributed by atoms with van der Waals surface area (Å²) in [6.45, 7) is -2.36. The van der Waals surface area contributed by atoms with Crippen LogP contribution < -0.4 is 17.2 Å². The molecule has 31 heteroatoms. The van der Waals surface area contributed by atoms with E-state index in [2.05, 4.69) is 44.9 Å². The molecule has 0 aliphatic carbocycles. The van der Waals surface area contributed by atoms with Crippen LogP contribution in [0.5, 0.6) is 0 Å². The van der Waals surface area contributed by atoms with Crippen LogP contribution >= 0.6 is 15.6 Å². The molecule has 8 heterocycles. The number of phosphoric acid groups is 2. The number of rotatable bonds is 16. The maximum absolute atomic E-state index is 13.4. The van der Waals surface area contributed by atoms with Gasteiger partial charge in [-0.15, -0.1) is 0 Å². The third-order valence-electron chi connectivity index (χ3n) is 9.18. The summed E-state index contributed by atoms with van der Waals surface area (Å²) in [7, 11) is -10.2. The topological polar surface area (TPSA) is 409 Å². The van der Waals surface area contributed by atoms with Crippen LogP contribution in [0.1, 0.15) is 12.5 Å². The normalized spacial score (nSPS) is 26.9. The molecule has 2 unspecified atom stereocenters. The van der Waals surface area contributed by atoms with Crippen molar-refractivity contribution in [2.45, 2.75) is 55.8 Å². The van der Waals surface area contributed by atoms with Crippen molar-refractivity contribution in [3.63, 3.8) is 0 Å². The summed E-state index contributed by atoms with van der Waals surface area (Å²) >= 11 is 0. The summed E-state index contributed by atoms with van der Waals surface area (Å²) in [6, 6.07) is 0. The van der Waals surface area contributed by atoms with Crippen LogP contribution in [0.15, 0.2) is 38.0 Å². The van der Waals surface area contributed by atoms with Crippen LogP contribution in [0.25, 0.3) is 33.5 Å². The van der Waals surface area contributed by atoms with Crippen molar-refractivity contribution in [1.29, 1.82) is 0 Å². The number of imidazole rings is 3. The molecule has 2 fully saturated rings. The minimum absolute atomic E-state index is 0.0155. The van der Waals surface area contributed by atoms with Gasteiger partial charge in [-0.1, -0.05) is 0 Å². The van der Waals surface area contributed by atoms with E-state index in [-0.39, 0.29) is 53.1 Å². The van der Waals surface area contributed by atoms with Gasteiger partial charge in [0.05, 0.1) is 45.4 Å². The third-order valence-corrected chi connectivity index (χ3v) is 11.2. The van der Waals surface area contributed by atoms with Gasteiger partial charge < -0.3 is 56.5 Å². The number of hydrogen-bond acceptors (Lipinski definition) is 24. The monoisotopic (exact) mass is 867 g/mol. The second-order valence-corrected chi connectivity index (χ2v) is 15.7. The first-order valence-corrected chi connectivity index (χ1v) is 20.2. The van der Waals surface area contributed by atoms with Gasteiger partial charge in [0, 0.05) is 0 Å². The SMILES string of the molecule is Nc1ncnc2c1ncn2COCCOP(=O)(O)O[C@@H]1[C@H](O)[C@@H](COP(=O)(O)O[C@@H]2[C@H](O)[C@@H](CO)O[C@H]2n2cnc3c(N)ncnc32)O[C@H]1n1cnc2c(N)ncnc21. The number of hydrogen-bond donors (Lipinski definition) is 8. The highest BCUT2D eigenvalue weighted by atomic mass is 31.2. The fourth-order valence-corrected chi connectivity index (χ4v) is 8.25. The van der Waals surface area contributed by atoms with E-state index in [1.807, 2.05) is 0 Å². The molecule has 0 saturated carbocycles. The molecule has 2 aliphatic heterocycles. The summed E-state index contributed by atoms with van der Waals surface area (Å²) in [4.78, 5) is 58.0. The lowest BCUT2D eigenvalue weighted by Crippen LogP contribution is -2.36. The molecule has 2 aliphatic rings. The Morgan fingerprint density at radius 3 is 1.68 bits per heavy atom. The Kier molecular flexibility index (Phi) is 11.2. The van der Waals surface area contributed by atoms with E-state index in [0.29, 0.717) is 11.2 Å². The number of nitrogens with zero attached hydrogens (tertiary/aromatic N) is 12. The second kappa shape index (κ2) is 16.2. The highest BCUT2D eigenvalue weighted by molar-refractivity contribution is 7.47. The Bertz CT molecular complexity index is 2560. The van der Waals surface area contributed by atoms with Crippen molar-refractivity contribution in [3.8, 4) is 0 Å². The molecular formula is C28H35N15O14P2. The van der Waals surface area contributed by atoms with Crippen molar-refractivity contribution in [1.82, 2.24) is 58.6 Å². The summed E-state index contributed by atoms with van der Waals surface area (Å²) in [5, 5.41) is 32.2. The number of aliphatic hydroxyl groups excluding tert-OH is 3. The third kappa shape index (κ3) is 8.04. The van der Waals surface area contributed by atoms with Gasteiger partial charge in [0.1, 0.15) is 78.9 Å². The molecule has 6 aromatic heterocycles. The average molecular weight is 868 g/mol. The lowest BCUT2D eigenvalue weighted by Gasteiger charge is -2.25. The molecular weight excluding hydrogens is 832 g/mol. The molecule has 0 bridgehead atoms. The van der Waals surface area contributed by atoms with Gasteiger partial charge in [0.25, 0.3) is 0 Å². The Labute approximate surface area is 328 Å². The first kappa shape index (κ1) is 40.8. The number of ether oxygens (including phenoxy) is 3. The zero-order valence-electron chi connectivity index (χ0n) is 30.0. The summed E-state index contributed by atoms with van der Waals surface area (Å²) < 4.78 is 69.0. The number of anilines is 3. The van der Waals surface area contributed by atoms with Gasteiger partial charge in [-0.05, 0) is 0 Å². The molecule has 29 nitrogen and oxygen atoms in total. The fraction of sp³-hybridized carbons (Fsp3) is 0.464. The molecule has 10 atom stereocenters. The minimum atomic E-state index is -5.21. The summed E-state index contributed by atoms with van der Waals surface area (Å²) in [5.74, 6) is 0.177. The number of nitrogen functional groups attached to an aromatic ring is 3. The van der Waals surface area contributed by atoms with Crippen molar-refractivity contribution in [2.24, 2.45) is 0 Å². The molecule has 8 rings (SSSR count). The van der Waals surface area contributed by atoms with Gasteiger partial charge in [0.2, 0.25) is 0 Å². The van der Waals surface area contributed by atoms with Gasteiger partial charge in [-0.3, -0.25) is 31.8 Å². The Morgan fingerprint density at radius 1 is 0.644 bits per heavy atom. The first-order valence-electron chi connectivity index (χ1n) is 17.2. The molecule has 0 radical (unpaired) electrons. The van der Waals surface area contributed by atoms with E-state index in [1.54, 1.807) is 0 Å². The lowest BCUT2D eigenvalue weighted by molar-refractivity contribution is -0.0617. The predicted molar refractivity (Wildman–Crippen MR) is 193 cm³/mol. The zero-order chi connectivity index (χ0) is 41.6. The first-order chi connectivity index (χ1) is 28.2. The van der Waals surface area contributed by atoms with E-state index in [9.17, 15) is 34.2 Å². The van der Waals surface area contributed by atoms with Crippen molar-refractivity contribution in [3.05, 3.63) is 38.0 Å². The molecule has 2 saturated heterocycles. The minimum Gasteiger partial charge on any atom is -0.394 e. The molecule has 316 valence electrons. The highest BCUT2D eigenvalue weighted by Gasteiger charge is 2.52. The number of fused-ring (bicyclic) bond motifs is 3. The second-order valence-electron chi connectivity index (χ2n) is 12.8. The van der Waals surface area contributed by atoms with E-state index in [4.69, 9.17) is 49.5 Å². The van der Waals surface area contributed by atoms with Crippen LogP contribution in [-0.2, 0) is 48.2 Å². The Hall–Kier alpha value is -4.97. The van der Waals surface area contributed by atoms with E-state index in [1.165, 1.54) is 39.0 Å². The average Bonchev–Trinajstić information content (AvgIpc) is 4.03. The zero-order valence-corrected chi connectivity index (χ0v) is 31.8. The quantitative estimate of drug-likeness (QED) is 0.0376. The van der Waals surface area contributed by atoms with Crippen molar-refractivity contribution >= 4 is 66.6 Å². The molecule has 0 aromatic carbocycles. The van der Waals surface area contributed by atoms with Crippen LogP contribution in [0, 0.1) is 0 Å². The Balaban J connectivity index is 0.952. The van der Waals surface area contributed by atoms with Crippen molar-refractivity contribution in [2.75, 3.05) is 43.6 Å². The van der Waals surface area contributed by atoms with Gasteiger partial charge in [-0.25, -0.2) is 54.0 Å². The van der Waals surface area contributed by atoms with Gasteiger partial charge in [-0.2, -0.15) is 0 Å². The number of aromatic nitrogens is 12. The van der Waals surface area contributed by atoms with E-state index in [0.717, 1.165) is 12.7 Å². The van der Waals surface area contributed by atoms with Crippen LogP contribution in [0.3, 0.4) is 0 Å². The molecule has 0 amide bonds. The number of nitrogens with two attached hydrogens (primary N) is 3. The highest BCUT2D eigenvalue weighted by Crippen LogP contribution is 2.52. The van der Waals surface area contributed by atoms with E-state index >= 15 is 0 Å². The summed E-state index contributed by atoms with van der Waals surface area (Å²) in [6.07, 6.45) is -5.28.